The summed E-state index contributed by atoms with van der Waals surface area (Å²) in [6, 6.07) is 22.5. The van der Waals surface area contributed by atoms with E-state index < -0.39 is 16.1 Å². The van der Waals surface area contributed by atoms with Gasteiger partial charge in [0.2, 0.25) is 10.0 Å². The lowest BCUT2D eigenvalue weighted by molar-refractivity contribution is 0.297. The van der Waals surface area contributed by atoms with Gasteiger partial charge in [0, 0.05) is 22.1 Å². The first-order chi connectivity index (χ1) is 16.0. The van der Waals surface area contributed by atoms with Crippen molar-refractivity contribution < 1.29 is 17.9 Å². The zero-order chi connectivity index (χ0) is 22.8. The summed E-state index contributed by atoms with van der Waals surface area (Å²) in [5, 5.41) is 1.10. The third-order valence-electron chi connectivity index (χ3n) is 5.78. The fourth-order valence-corrected chi connectivity index (χ4v) is 6.51. The Labute approximate surface area is 198 Å². The zero-order valence-electron chi connectivity index (χ0n) is 18.3. The molecule has 33 heavy (non-hydrogen) atoms. The van der Waals surface area contributed by atoms with Crippen LogP contribution in [0.15, 0.2) is 77.7 Å². The van der Waals surface area contributed by atoms with E-state index in [1.807, 2.05) is 30.3 Å². The van der Waals surface area contributed by atoms with Crippen LogP contribution in [0.25, 0.3) is 10.1 Å². The summed E-state index contributed by atoms with van der Waals surface area (Å²) in [4.78, 5) is 1.11. The summed E-state index contributed by atoms with van der Waals surface area (Å²) >= 11 is 1.61. The number of benzene rings is 3. The molecule has 0 bridgehead atoms. The van der Waals surface area contributed by atoms with Crippen molar-refractivity contribution in [2.45, 2.75) is 30.7 Å². The van der Waals surface area contributed by atoms with Crippen molar-refractivity contribution in [1.29, 1.82) is 0 Å². The summed E-state index contributed by atoms with van der Waals surface area (Å²) in [6.07, 6.45) is 1.57. The van der Waals surface area contributed by atoms with Crippen LogP contribution in [0.2, 0.25) is 0 Å². The highest BCUT2D eigenvalue weighted by Crippen LogP contribution is 2.37. The summed E-state index contributed by atoms with van der Waals surface area (Å²) in [5.41, 5.74) is 2.07. The molecule has 1 aliphatic heterocycles. The maximum absolute atomic E-state index is 13.6. The predicted octanol–water partition coefficient (Wildman–Crippen LogP) is 5.69. The van der Waals surface area contributed by atoms with Crippen molar-refractivity contribution in [3.05, 3.63) is 88.8 Å². The first kappa shape index (κ1) is 21.9. The summed E-state index contributed by atoms with van der Waals surface area (Å²) in [5.74, 6) is 1.03. The van der Waals surface area contributed by atoms with Crippen LogP contribution in [0, 0.1) is 0 Å². The Hall–Kier alpha value is -2.87. The van der Waals surface area contributed by atoms with Crippen molar-refractivity contribution in [1.82, 2.24) is 4.72 Å². The molecule has 0 radical (unpaired) electrons. The minimum absolute atomic E-state index is 0.159. The molecular formula is C26H25NO4S2. The number of rotatable bonds is 6. The van der Waals surface area contributed by atoms with Crippen LogP contribution in [0.5, 0.6) is 11.5 Å². The molecule has 7 heteroatoms. The molecule has 0 fully saturated rings. The molecule has 3 aromatic carbocycles. The summed E-state index contributed by atoms with van der Waals surface area (Å²) < 4.78 is 42.6. The lowest BCUT2D eigenvalue weighted by Gasteiger charge is -2.21. The van der Waals surface area contributed by atoms with Crippen molar-refractivity contribution in [2.24, 2.45) is 0 Å². The molecule has 0 aliphatic carbocycles. The molecule has 0 saturated heterocycles. The van der Waals surface area contributed by atoms with Crippen molar-refractivity contribution in [3.63, 3.8) is 0 Å². The Kier molecular flexibility index (Phi) is 6.10. The monoisotopic (exact) mass is 479 g/mol. The molecule has 4 aromatic rings. The minimum atomic E-state index is -3.84. The van der Waals surface area contributed by atoms with E-state index in [0.29, 0.717) is 24.7 Å². The average Bonchev–Trinajstić information content (AvgIpc) is 3.12. The van der Waals surface area contributed by atoms with Gasteiger partial charge in [-0.15, -0.1) is 11.3 Å². The average molecular weight is 480 g/mol. The van der Waals surface area contributed by atoms with Crippen molar-refractivity contribution in [2.75, 3.05) is 13.2 Å². The van der Waals surface area contributed by atoms with E-state index in [9.17, 15) is 8.42 Å². The second kappa shape index (κ2) is 9.17. The van der Waals surface area contributed by atoms with Gasteiger partial charge >= 0.3 is 0 Å². The van der Waals surface area contributed by atoms with Crippen molar-refractivity contribution >= 4 is 31.4 Å². The van der Waals surface area contributed by atoms with Gasteiger partial charge in [-0.05, 0) is 47.2 Å². The molecule has 5 nitrogen and oxygen atoms in total. The number of ether oxygens (including phenoxy) is 2. The molecule has 0 amide bonds. The van der Waals surface area contributed by atoms with Gasteiger partial charge in [-0.1, -0.05) is 49.4 Å². The summed E-state index contributed by atoms with van der Waals surface area (Å²) in [7, 11) is -3.84. The second-order valence-electron chi connectivity index (χ2n) is 7.95. The van der Waals surface area contributed by atoms with Crippen LogP contribution in [0.1, 0.15) is 35.4 Å². The Balaban J connectivity index is 1.57. The van der Waals surface area contributed by atoms with Crippen LogP contribution in [0.3, 0.4) is 0 Å². The number of fused-ring (bicyclic) bond motifs is 2. The van der Waals surface area contributed by atoms with Crippen LogP contribution < -0.4 is 14.2 Å². The third kappa shape index (κ3) is 4.49. The van der Waals surface area contributed by atoms with Crippen LogP contribution >= 0.6 is 11.3 Å². The summed E-state index contributed by atoms with van der Waals surface area (Å²) in [6.45, 7) is 3.14. The molecule has 1 aliphatic rings. The van der Waals surface area contributed by atoms with E-state index in [0.717, 1.165) is 38.9 Å². The maximum atomic E-state index is 13.6. The molecule has 2 heterocycles. The lowest BCUT2D eigenvalue weighted by atomic mass is 9.98. The standard InChI is InChI=1S/C26H25NO4S2/c1-2-18-8-3-5-10-21(18)26(25-16-19-9-4-6-11-24(19)32-25)27-33(28,29)20-12-13-22-23(17-20)31-15-7-14-30-22/h3-6,8-13,16-17,26-27H,2,7,14-15H2,1H3/t26-/m1/s1. The smallest absolute Gasteiger partial charge is 0.241 e. The van der Waals surface area contributed by atoms with Gasteiger partial charge in [0.25, 0.3) is 0 Å². The highest BCUT2D eigenvalue weighted by molar-refractivity contribution is 7.89. The topological polar surface area (TPSA) is 64.6 Å². The van der Waals surface area contributed by atoms with Gasteiger partial charge in [-0.25, -0.2) is 8.42 Å². The quantitative estimate of drug-likeness (QED) is 0.386. The van der Waals surface area contributed by atoms with Crippen molar-refractivity contribution in [3.8, 4) is 11.5 Å². The van der Waals surface area contributed by atoms with E-state index in [1.165, 1.54) is 0 Å². The molecular weight excluding hydrogens is 454 g/mol. The molecule has 1 N–H and O–H groups in total. The van der Waals surface area contributed by atoms with E-state index in [1.54, 1.807) is 29.5 Å². The normalized spacial score (nSPS) is 14.7. The Morgan fingerprint density at radius 2 is 1.70 bits per heavy atom. The first-order valence-electron chi connectivity index (χ1n) is 11.0. The van der Waals surface area contributed by atoms with Gasteiger partial charge in [0.05, 0.1) is 24.2 Å². The molecule has 1 atom stereocenters. The van der Waals surface area contributed by atoms with E-state index in [2.05, 4.69) is 35.9 Å². The molecule has 0 unspecified atom stereocenters. The zero-order valence-corrected chi connectivity index (χ0v) is 19.9. The third-order valence-corrected chi connectivity index (χ3v) is 8.38. The van der Waals surface area contributed by atoms with Crippen LogP contribution in [-0.2, 0) is 16.4 Å². The van der Waals surface area contributed by atoms with E-state index >= 15 is 0 Å². The Morgan fingerprint density at radius 3 is 2.52 bits per heavy atom. The number of nitrogens with one attached hydrogen (secondary N) is 1. The van der Waals surface area contributed by atoms with Gasteiger partial charge in [0.1, 0.15) is 0 Å². The predicted molar refractivity (Wildman–Crippen MR) is 132 cm³/mol. The van der Waals surface area contributed by atoms with Gasteiger partial charge in [0.15, 0.2) is 11.5 Å². The number of sulfonamides is 1. The fraction of sp³-hybridized carbons (Fsp3) is 0.231. The molecule has 0 saturated carbocycles. The highest BCUT2D eigenvalue weighted by Gasteiger charge is 2.27. The molecule has 170 valence electrons. The lowest BCUT2D eigenvalue weighted by Crippen LogP contribution is -2.29. The van der Waals surface area contributed by atoms with Gasteiger partial charge in [-0.3, -0.25) is 0 Å². The maximum Gasteiger partial charge on any atom is 0.241 e. The first-order valence-corrected chi connectivity index (χ1v) is 13.3. The molecule has 1 aromatic heterocycles. The molecule has 0 spiro atoms. The van der Waals surface area contributed by atoms with Crippen LogP contribution in [0.4, 0.5) is 0 Å². The van der Waals surface area contributed by atoms with Crippen LogP contribution in [-0.4, -0.2) is 21.6 Å². The van der Waals surface area contributed by atoms with E-state index in [4.69, 9.17) is 9.47 Å². The number of hydrogen-bond donors (Lipinski definition) is 1. The van der Waals surface area contributed by atoms with Gasteiger partial charge < -0.3 is 9.47 Å². The Morgan fingerprint density at radius 1 is 0.939 bits per heavy atom. The highest BCUT2D eigenvalue weighted by atomic mass is 32.2. The number of thiophene rings is 1. The van der Waals surface area contributed by atoms with E-state index in [-0.39, 0.29) is 4.90 Å². The number of aryl methyl sites for hydroxylation is 1. The Bertz CT molecular complexity index is 1360. The SMILES string of the molecule is CCc1ccccc1[C@@H](NS(=O)(=O)c1ccc2c(c1)OCCCO2)c1cc2ccccc2s1. The number of hydrogen-bond acceptors (Lipinski definition) is 5. The largest absolute Gasteiger partial charge is 0.490 e. The minimum Gasteiger partial charge on any atom is -0.490 e. The van der Waals surface area contributed by atoms with Gasteiger partial charge in [-0.2, -0.15) is 4.72 Å². The molecule has 5 rings (SSSR count). The second-order valence-corrected chi connectivity index (χ2v) is 10.8. The fourth-order valence-electron chi connectivity index (χ4n) is 4.09.